The molecule has 2 rings (SSSR count). The first-order valence-electron chi connectivity index (χ1n) is 7.22. The molecule has 1 fully saturated rings. The van der Waals surface area contributed by atoms with Crippen LogP contribution < -0.4 is 0 Å². The van der Waals surface area contributed by atoms with Crippen LogP contribution in [0.15, 0.2) is 11.6 Å². The lowest BCUT2D eigenvalue weighted by Crippen LogP contribution is -2.49. The summed E-state index contributed by atoms with van der Waals surface area (Å²) in [5.41, 5.74) is 0.917. The summed E-state index contributed by atoms with van der Waals surface area (Å²) in [6.07, 6.45) is 3.35. The zero-order valence-corrected chi connectivity index (χ0v) is 13.7. The summed E-state index contributed by atoms with van der Waals surface area (Å²) in [6.45, 7) is 11.0. The minimum atomic E-state index is -1.87. The van der Waals surface area contributed by atoms with E-state index >= 15 is 0 Å². The Morgan fingerprint density at radius 3 is 2.53 bits per heavy atom. The SMILES string of the molecule is CC(C)(C)[Si](C)(C)O[C@H]1CC[C@H]2CC(=O)C=C2[C@@H]1O. The molecule has 0 amide bonds. The van der Waals surface area contributed by atoms with Gasteiger partial charge in [-0.15, -0.1) is 0 Å². The van der Waals surface area contributed by atoms with Gasteiger partial charge in [0.2, 0.25) is 0 Å². The second-order valence-corrected chi connectivity index (χ2v) is 12.2. The second-order valence-electron chi connectivity index (χ2n) is 7.45. The second kappa shape index (κ2) is 4.83. The molecule has 108 valence electrons. The Balaban J connectivity index is 2.11. The average molecular weight is 282 g/mol. The van der Waals surface area contributed by atoms with Crippen molar-refractivity contribution in [3.8, 4) is 0 Å². The van der Waals surface area contributed by atoms with Gasteiger partial charge in [0, 0.05) is 6.42 Å². The minimum absolute atomic E-state index is 0.130. The van der Waals surface area contributed by atoms with E-state index in [1.807, 2.05) is 0 Å². The molecule has 0 saturated heterocycles. The van der Waals surface area contributed by atoms with E-state index in [9.17, 15) is 9.90 Å². The lowest BCUT2D eigenvalue weighted by molar-refractivity contribution is -0.114. The maximum atomic E-state index is 11.5. The smallest absolute Gasteiger partial charge is 0.192 e. The molecule has 0 aromatic carbocycles. The highest BCUT2D eigenvalue weighted by Gasteiger charge is 2.44. The van der Waals surface area contributed by atoms with Gasteiger partial charge in [-0.05, 0) is 48.5 Å². The summed E-state index contributed by atoms with van der Waals surface area (Å²) in [5, 5.41) is 10.6. The molecule has 2 aliphatic carbocycles. The van der Waals surface area contributed by atoms with Gasteiger partial charge in [0.15, 0.2) is 14.1 Å². The number of ketones is 1. The average Bonchev–Trinajstić information content (AvgIpc) is 2.62. The number of fused-ring (bicyclic) bond motifs is 1. The van der Waals surface area contributed by atoms with Crippen LogP contribution in [0, 0.1) is 5.92 Å². The summed E-state index contributed by atoms with van der Waals surface area (Å²) < 4.78 is 6.34. The highest BCUT2D eigenvalue weighted by Crippen LogP contribution is 2.42. The van der Waals surface area contributed by atoms with E-state index in [2.05, 4.69) is 33.9 Å². The van der Waals surface area contributed by atoms with Crippen LogP contribution in [0.1, 0.15) is 40.0 Å². The Kier molecular flexibility index (Phi) is 3.80. The summed E-state index contributed by atoms with van der Waals surface area (Å²) in [6, 6.07) is 0. The standard InChI is InChI=1S/C15H26O3Si/c1-15(2,3)19(4,5)18-13-7-6-10-8-11(16)9-12(10)14(13)17/h9-10,13-14,17H,6-8H2,1-5H3/t10-,13-,14-/m0/s1. The lowest BCUT2D eigenvalue weighted by atomic mass is 9.82. The quantitative estimate of drug-likeness (QED) is 0.792. The Labute approximate surface area is 117 Å². The van der Waals surface area contributed by atoms with Crippen molar-refractivity contribution in [2.75, 3.05) is 0 Å². The monoisotopic (exact) mass is 282 g/mol. The molecule has 0 aromatic heterocycles. The van der Waals surface area contributed by atoms with Gasteiger partial charge < -0.3 is 9.53 Å². The van der Waals surface area contributed by atoms with Crippen molar-refractivity contribution in [3.05, 3.63) is 11.6 Å². The maximum absolute atomic E-state index is 11.5. The Morgan fingerprint density at radius 2 is 1.95 bits per heavy atom. The zero-order valence-electron chi connectivity index (χ0n) is 12.7. The number of allylic oxidation sites excluding steroid dienone is 1. The van der Waals surface area contributed by atoms with Crippen molar-refractivity contribution < 1.29 is 14.3 Å². The molecule has 19 heavy (non-hydrogen) atoms. The molecule has 0 unspecified atom stereocenters. The van der Waals surface area contributed by atoms with Gasteiger partial charge in [-0.1, -0.05) is 20.8 Å². The predicted octanol–water partition coefficient (Wildman–Crippen LogP) is 3.05. The molecule has 3 nitrogen and oxygen atoms in total. The minimum Gasteiger partial charge on any atom is -0.411 e. The van der Waals surface area contributed by atoms with Crippen molar-refractivity contribution in [2.24, 2.45) is 5.92 Å². The fourth-order valence-electron chi connectivity index (χ4n) is 2.74. The number of hydrogen-bond acceptors (Lipinski definition) is 3. The molecular weight excluding hydrogens is 256 g/mol. The third kappa shape index (κ3) is 2.85. The molecule has 1 saturated carbocycles. The number of carbonyl (C=O) groups excluding carboxylic acids is 1. The Bertz CT molecular complexity index is 406. The summed E-state index contributed by atoms with van der Waals surface area (Å²) >= 11 is 0. The maximum Gasteiger partial charge on any atom is 0.192 e. The number of hydrogen-bond donors (Lipinski definition) is 1. The van der Waals surface area contributed by atoms with Crippen molar-refractivity contribution in [3.63, 3.8) is 0 Å². The van der Waals surface area contributed by atoms with Crippen molar-refractivity contribution in [1.82, 2.24) is 0 Å². The Hall–Kier alpha value is -0.453. The van der Waals surface area contributed by atoms with E-state index < -0.39 is 14.4 Å². The molecule has 0 heterocycles. The fourth-order valence-corrected chi connectivity index (χ4v) is 4.09. The van der Waals surface area contributed by atoms with E-state index in [0.717, 1.165) is 18.4 Å². The van der Waals surface area contributed by atoms with E-state index in [1.165, 1.54) is 0 Å². The largest absolute Gasteiger partial charge is 0.411 e. The highest BCUT2D eigenvalue weighted by molar-refractivity contribution is 6.74. The molecule has 0 spiro atoms. The van der Waals surface area contributed by atoms with Crippen LogP contribution in [0.5, 0.6) is 0 Å². The van der Waals surface area contributed by atoms with E-state index in [-0.39, 0.29) is 22.8 Å². The fraction of sp³-hybridized carbons (Fsp3) is 0.800. The van der Waals surface area contributed by atoms with E-state index in [0.29, 0.717) is 6.42 Å². The van der Waals surface area contributed by atoms with Crippen molar-refractivity contribution in [2.45, 2.75) is 70.4 Å². The number of aliphatic hydroxyl groups is 1. The van der Waals surface area contributed by atoms with Crippen LogP contribution in [-0.2, 0) is 9.22 Å². The normalized spacial score (nSPS) is 32.2. The van der Waals surface area contributed by atoms with Crippen LogP contribution in [0.3, 0.4) is 0 Å². The van der Waals surface area contributed by atoms with Crippen LogP contribution in [0.25, 0.3) is 0 Å². The summed E-state index contributed by atoms with van der Waals surface area (Å²) in [5.74, 6) is 0.425. The number of rotatable bonds is 2. The third-order valence-corrected chi connectivity index (χ3v) is 9.50. The van der Waals surface area contributed by atoms with Crippen LogP contribution >= 0.6 is 0 Å². The molecule has 1 N–H and O–H groups in total. The molecule has 2 aliphatic rings. The molecule has 0 bridgehead atoms. The molecule has 0 radical (unpaired) electrons. The van der Waals surface area contributed by atoms with Crippen molar-refractivity contribution in [1.29, 1.82) is 0 Å². The zero-order chi connectivity index (χ0) is 14.4. The third-order valence-electron chi connectivity index (χ3n) is 4.99. The topological polar surface area (TPSA) is 46.5 Å². The molecule has 3 atom stereocenters. The van der Waals surface area contributed by atoms with Gasteiger partial charge >= 0.3 is 0 Å². The van der Waals surface area contributed by atoms with Crippen LogP contribution in [-0.4, -0.2) is 31.4 Å². The van der Waals surface area contributed by atoms with Gasteiger partial charge in [-0.25, -0.2) is 0 Å². The van der Waals surface area contributed by atoms with Gasteiger partial charge in [0.25, 0.3) is 0 Å². The van der Waals surface area contributed by atoms with Crippen LogP contribution in [0.4, 0.5) is 0 Å². The first-order chi connectivity index (χ1) is 8.62. The summed E-state index contributed by atoms with van der Waals surface area (Å²) in [4.78, 5) is 11.5. The van der Waals surface area contributed by atoms with E-state index in [1.54, 1.807) is 6.08 Å². The van der Waals surface area contributed by atoms with Gasteiger partial charge in [-0.2, -0.15) is 0 Å². The lowest BCUT2D eigenvalue weighted by Gasteiger charge is -2.43. The molecular formula is C15H26O3Si. The first-order valence-corrected chi connectivity index (χ1v) is 10.1. The number of carbonyl (C=O) groups is 1. The predicted molar refractivity (Wildman–Crippen MR) is 78.5 cm³/mol. The highest BCUT2D eigenvalue weighted by atomic mass is 28.4. The first kappa shape index (κ1) is 14.9. The van der Waals surface area contributed by atoms with Gasteiger partial charge in [0.1, 0.15) is 6.10 Å². The van der Waals surface area contributed by atoms with Crippen LogP contribution in [0.2, 0.25) is 18.1 Å². The van der Waals surface area contributed by atoms with E-state index in [4.69, 9.17) is 4.43 Å². The number of aliphatic hydroxyl groups excluding tert-OH is 1. The Morgan fingerprint density at radius 1 is 1.32 bits per heavy atom. The summed E-state index contributed by atoms with van der Waals surface area (Å²) in [7, 11) is -1.87. The molecule has 4 heteroatoms. The molecule has 0 aromatic rings. The molecule has 0 aliphatic heterocycles. The van der Waals surface area contributed by atoms with Crippen molar-refractivity contribution >= 4 is 14.1 Å². The van der Waals surface area contributed by atoms with Gasteiger partial charge in [0.05, 0.1) is 6.10 Å². The van der Waals surface area contributed by atoms with Gasteiger partial charge in [-0.3, -0.25) is 4.79 Å².